The van der Waals surface area contributed by atoms with Crippen molar-refractivity contribution in [3.8, 4) is 0 Å². The van der Waals surface area contributed by atoms with Crippen molar-refractivity contribution in [3.05, 3.63) is 71.6 Å². The molecule has 0 aromatic heterocycles. The minimum absolute atomic E-state index is 0.0568. The summed E-state index contributed by atoms with van der Waals surface area (Å²) in [5.74, 6) is -1.56. The van der Waals surface area contributed by atoms with Gasteiger partial charge in [0, 0.05) is 11.8 Å². The lowest BCUT2D eigenvalue weighted by Crippen LogP contribution is -2.08. The molecule has 0 aliphatic heterocycles. The molecule has 0 spiro atoms. The van der Waals surface area contributed by atoms with E-state index in [0.717, 1.165) is 0 Å². The Morgan fingerprint density at radius 1 is 1.05 bits per heavy atom. The SMILES string of the molecule is O=C(O)Cc1ccc(NC(=O)/C=C/c2ccc(F)cc2)cc1. The highest BCUT2D eigenvalue weighted by Gasteiger charge is 2.02. The van der Waals surface area contributed by atoms with Gasteiger partial charge in [-0.2, -0.15) is 0 Å². The lowest BCUT2D eigenvalue weighted by molar-refractivity contribution is -0.136. The van der Waals surface area contributed by atoms with Crippen molar-refractivity contribution in [2.75, 3.05) is 5.32 Å². The molecule has 2 aromatic carbocycles. The first-order valence-corrected chi connectivity index (χ1v) is 6.58. The Morgan fingerprint density at radius 2 is 1.68 bits per heavy atom. The summed E-state index contributed by atoms with van der Waals surface area (Å²) in [4.78, 5) is 22.3. The average molecular weight is 299 g/mol. The number of hydrogen-bond donors (Lipinski definition) is 2. The standard InChI is InChI=1S/C17H14FNO3/c18-14-6-1-12(2-7-14)5-10-16(20)19-15-8-3-13(4-9-15)11-17(21)22/h1-10H,11H2,(H,19,20)(H,21,22)/b10-5+. The van der Waals surface area contributed by atoms with Crippen LogP contribution in [0.3, 0.4) is 0 Å². The van der Waals surface area contributed by atoms with E-state index in [1.807, 2.05) is 0 Å². The van der Waals surface area contributed by atoms with E-state index in [9.17, 15) is 14.0 Å². The first-order valence-electron chi connectivity index (χ1n) is 6.58. The number of carbonyl (C=O) groups excluding carboxylic acids is 1. The Bertz CT molecular complexity index is 691. The third kappa shape index (κ3) is 4.86. The topological polar surface area (TPSA) is 66.4 Å². The van der Waals surface area contributed by atoms with Crippen LogP contribution in [0, 0.1) is 5.82 Å². The fourth-order valence-electron chi connectivity index (χ4n) is 1.81. The van der Waals surface area contributed by atoms with Crippen LogP contribution in [0.5, 0.6) is 0 Å². The minimum Gasteiger partial charge on any atom is -0.481 e. The summed E-state index contributed by atoms with van der Waals surface area (Å²) >= 11 is 0. The molecule has 22 heavy (non-hydrogen) atoms. The van der Waals surface area contributed by atoms with E-state index in [1.54, 1.807) is 42.5 Å². The smallest absolute Gasteiger partial charge is 0.307 e. The first-order chi connectivity index (χ1) is 10.5. The maximum atomic E-state index is 12.7. The Kier molecular flexibility index (Phi) is 5.03. The summed E-state index contributed by atoms with van der Waals surface area (Å²) in [7, 11) is 0. The van der Waals surface area contributed by atoms with Gasteiger partial charge in [0.05, 0.1) is 6.42 Å². The largest absolute Gasteiger partial charge is 0.481 e. The molecule has 0 radical (unpaired) electrons. The van der Waals surface area contributed by atoms with Gasteiger partial charge in [-0.05, 0) is 41.5 Å². The first kappa shape index (κ1) is 15.4. The molecule has 5 heteroatoms. The highest BCUT2D eigenvalue weighted by Crippen LogP contribution is 2.11. The summed E-state index contributed by atoms with van der Waals surface area (Å²) in [6.07, 6.45) is 2.87. The Labute approximate surface area is 126 Å². The van der Waals surface area contributed by atoms with Crippen molar-refractivity contribution < 1.29 is 19.1 Å². The zero-order valence-electron chi connectivity index (χ0n) is 11.6. The van der Waals surface area contributed by atoms with E-state index in [1.165, 1.54) is 18.2 Å². The molecule has 2 rings (SSSR count). The maximum absolute atomic E-state index is 12.7. The molecule has 2 aromatic rings. The fraction of sp³-hybridized carbons (Fsp3) is 0.0588. The number of aliphatic carboxylic acids is 1. The van der Waals surface area contributed by atoms with Crippen LogP contribution in [0.4, 0.5) is 10.1 Å². The quantitative estimate of drug-likeness (QED) is 0.834. The molecular formula is C17H14FNO3. The number of rotatable bonds is 5. The summed E-state index contributed by atoms with van der Waals surface area (Å²) in [5.41, 5.74) is 1.95. The van der Waals surface area contributed by atoms with Crippen LogP contribution in [0.25, 0.3) is 6.08 Å². The van der Waals surface area contributed by atoms with Gasteiger partial charge in [-0.1, -0.05) is 24.3 Å². The van der Waals surface area contributed by atoms with Crippen molar-refractivity contribution in [3.63, 3.8) is 0 Å². The van der Waals surface area contributed by atoms with Crippen LogP contribution in [0.1, 0.15) is 11.1 Å². The summed E-state index contributed by atoms with van der Waals surface area (Å²) in [6.45, 7) is 0. The second-order valence-corrected chi connectivity index (χ2v) is 4.64. The zero-order valence-corrected chi connectivity index (χ0v) is 11.6. The van der Waals surface area contributed by atoms with Gasteiger partial charge in [-0.3, -0.25) is 9.59 Å². The van der Waals surface area contributed by atoms with Crippen molar-refractivity contribution in [2.24, 2.45) is 0 Å². The number of anilines is 1. The number of halogens is 1. The molecule has 0 bridgehead atoms. The fourth-order valence-corrected chi connectivity index (χ4v) is 1.81. The summed E-state index contributed by atoms with van der Waals surface area (Å²) < 4.78 is 12.7. The molecule has 0 fully saturated rings. The van der Waals surface area contributed by atoms with Crippen molar-refractivity contribution in [1.82, 2.24) is 0 Å². The second-order valence-electron chi connectivity index (χ2n) is 4.64. The van der Waals surface area contributed by atoms with Crippen LogP contribution in [-0.4, -0.2) is 17.0 Å². The van der Waals surface area contributed by atoms with E-state index < -0.39 is 5.97 Å². The van der Waals surface area contributed by atoms with Gasteiger partial charge in [-0.25, -0.2) is 4.39 Å². The number of carbonyl (C=O) groups is 2. The Hall–Kier alpha value is -2.95. The monoisotopic (exact) mass is 299 g/mol. The number of benzene rings is 2. The van der Waals surface area contributed by atoms with E-state index in [2.05, 4.69) is 5.32 Å². The second kappa shape index (κ2) is 7.17. The molecule has 4 nitrogen and oxygen atoms in total. The zero-order chi connectivity index (χ0) is 15.9. The molecule has 0 heterocycles. The molecule has 112 valence electrons. The van der Waals surface area contributed by atoms with Crippen molar-refractivity contribution >= 4 is 23.6 Å². The lowest BCUT2D eigenvalue weighted by Gasteiger charge is -2.03. The normalized spacial score (nSPS) is 10.6. The van der Waals surface area contributed by atoms with Crippen LogP contribution in [0.15, 0.2) is 54.6 Å². The van der Waals surface area contributed by atoms with Gasteiger partial charge in [0.25, 0.3) is 0 Å². The van der Waals surface area contributed by atoms with Gasteiger partial charge < -0.3 is 10.4 Å². The van der Waals surface area contributed by atoms with Crippen molar-refractivity contribution in [1.29, 1.82) is 0 Å². The molecule has 1 amide bonds. The van der Waals surface area contributed by atoms with Crippen LogP contribution >= 0.6 is 0 Å². The number of nitrogens with one attached hydrogen (secondary N) is 1. The van der Waals surface area contributed by atoms with Gasteiger partial charge >= 0.3 is 5.97 Å². The molecule has 0 unspecified atom stereocenters. The van der Waals surface area contributed by atoms with Gasteiger partial charge in [0.15, 0.2) is 0 Å². The van der Waals surface area contributed by atoms with Crippen LogP contribution < -0.4 is 5.32 Å². The molecular weight excluding hydrogens is 285 g/mol. The number of carboxylic acids is 1. The predicted molar refractivity (Wildman–Crippen MR) is 81.8 cm³/mol. The highest BCUT2D eigenvalue weighted by atomic mass is 19.1. The van der Waals surface area contributed by atoms with Crippen LogP contribution in [0.2, 0.25) is 0 Å². The lowest BCUT2D eigenvalue weighted by atomic mass is 10.1. The van der Waals surface area contributed by atoms with Crippen molar-refractivity contribution in [2.45, 2.75) is 6.42 Å². The highest BCUT2D eigenvalue weighted by molar-refractivity contribution is 6.01. The summed E-state index contributed by atoms with van der Waals surface area (Å²) in [5, 5.41) is 11.3. The molecule has 0 atom stereocenters. The van der Waals surface area contributed by atoms with E-state index in [4.69, 9.17) is 5.11 Å². The van der Waals surface area contributed by atoms with E-state index >= 15 is 0 Å². The van der Waals surface area contributed by atoms with E-state index in [0.29, 0.717) is 16.8 Å². The molecule has 0 aliphatic carbocycles. The van der Waals surface area contributed by atoms with Gasteiger partial charge in [0.1, 0.15) is 5.82 Å². The van der Waals surface area contributed by atoms with Gasteiger partial charge in [0.2, 0.25) is 5.91 Å². The Balaban J connectivity index is 1.94. The average Bonchev–Trinajstić information content (AvgIpc) is 2.48. The number of hydrogen-bond acceptors (Lipinski definition) is 2. The molecule has 0 aliphatic rings. The third-order valence-corrected chi connectivity index (χ3v) is 2.87. The molecule has 0 saturated heterocycles. The minimum atomic E-state index is -0.904. The molecule has 0 saturated carbocycles. The van der Waals surface area contributed by atoms with Gasteiger partial charge in [-0.15, -0.1) is 0 Å². The summed E-state index contributed by atoms with van der Waals surface area (Å²) in [6, 6.07) is 12.3. The van der Waals surface area contributed by atoms with E-state index in [-0.39, 0.29) is 18.1 Å². The number of amides is 1. The van der Waals surface area contributed by atoms with Crippen LogP contribution in [-0.2, 0) is 16.0 Å². The predicted octanol–water partition coefficient (Wildman–Crippen LogP) is 3.10. The Morgan fingerprint density at radius 3 is 2.27 bits per heavy atom. The number of carboxylic acid groups (broad SMARTS) is 1. The third-order valence-electron chi connectivity index (χ3n) is 2.87. The molecule has 2 N–H and O–H groups in total. The maximum Gasteiger partial charge on any atom is 0.307 e.